The fourth-order valence-electron chi connectivity index (χ4n) is 6.98. The van der Waals surface area contributed by atoms with Gasteiger partial charge in [0.1, 0.15) is 12.5 Å². The van der Waals surface area contributed by atoms with Gasteiger partial charge in [-0.25, -0.2) is 19.9 Å². The number of aromatic nitrogens is 6. The number of alkyl halides is 1. The third kappa shape index (κ3) is 9.75. The molecule has 2 aliphatic heterocycles. The van der Waals surface area contributed by atoms with E-state index in [1.807, 2.05) is 61.2 Å². The first kappa shape index (κ1) is 39.0. The molecule has 2 aliphatic rings. The van der Waals surface area contributed by atoms with Gasteiger partial charge in [0.2, 0.25) is 11.8 Å². The summed E-state index contributed by atoms with van der Waals surface area (Å²) in [6.07, 6.45) is 12.5. The first-order valence-corrected chi connectivity index (χ1v) is 19.6. The third-order valence-electron chi connectivity index (χ3n) is 9.94. The highest BCUT2D eigenvalue weighted by Gasteiger charge is 2.15. The van der Waals surface area contributed by atoms with Crippen LogP contribution in [0, 0.1) is 0 Å². The van der Waals surface area contributed by atoms with Crippen LogP contribution in [0.15, 0.2) is 131 Å². The molecule has 10 nitrogen and oxygen atoms in total. The number of rotatable bonds is 9. The van der Waals surface area contributed by atoms with Crippen LogP contribution in [0.1, 0.15) is 48.2 Å². The number of oxazole rings is 2. The summed E-state index contributed by atoms with van der Waals surface area (Å²) in [4.78, 5) is 20.3. The lowest BCUT2D eigenvalue weighted by molar-refractivity contribution is 0.327. The van der Waals surface area contributed by atoms with Crippen LogP contribution in [0.2, 0.25) is 0 Å². The van der Waals surface area contributed by atoms with E-state index in [1.54, 1.807) is 12.5 Å². The zero-order valence-electron chi connectivity index (χ0n) is 31.3. The molecule has 0 amide bonds. The molecule has 1 N–H and O–H groups in total. The second-order valence-electron chi connectivity index (χ2n) is 14.0. The van der Waals surface area contributed by atoms with Gasteiger partial charge in [-0.15, -0.1) is 24.0 Å². The quantitative estimate of drug-likeness (QED) is 0.144. The first-order valence-electron chi connectivity index (χ1n) is 19.0. The summed E-state index contributed by atoms with van der Waals surface area (Å²) in [6, 6.07) is 32.9. The summed E-state index contributed by atoms with van der Waals surface area (Å²) in [5, 5.41) is 3.22. The summed E-state index contributed by atoms with van der Waals surface area (Å²) in [5.74, 6) is 1.65. The maximum atomic E-state index is 5.75. The Hall–Kier alpha value is -5.26. The smallest absolute Gasteiger partial charge is 0.226 e. The molecule has 0 atom stereocenters. The maximum absolute atomic E-state index is 5.75. The minimum absolute atomic E-state index is 0. The molecule has 0 aliphatic carbocycles. The summed E-state index contributed by atoms with van der Waals surface area (Å²) >= 11 is 5.75. The number of halogens is 2. The van der Waals surface area contributed by atoms with Gasteiger partial charge in [-0.2, -0.15) is 0 Å². The topological polar surface area (TPSA) is 103 Å². The van der Waals surface area contributed by atoms with Crippen molar-refractivity contribution in [2.45, 2.75) is 51.2 Å². The molecule has 0 radical (unpaired) electrons. The number of para-hydroxylation sites is 4. The molecule has 4 aromatic heterocycles. The molecule has 2 fully saturated rings. The van der Waals surface area contributed by atoms with Gasteiger partial charge >= 0.3 is 0 Å². The lowest BCUT2D eigenvalue weighted by atomic mass is 10.1. The standard InChI is InChI=1S/C22H22N4O.C18H14ClN3O.C4H9N.ClH/c1-2-6-21-20(5-1)23-16-26(21)13-17-7-9-18(10-8-17)22-24-19(15-27-22)14-25-11-3-4-12-25;19-9-15-11-23-18(21-15)14-7-5-13(6-8-14)10-22-12-20-16-3-1-2-4-17(16)22;1-2-4-5-3-1;/h1-2,5-10,15-16H,3-4,11-14H2;1-8,11-12H,9-10H2;5H,1-4H2;1H. The minimum atomic E-state index is 0. The number of likely N-dealkylation sites (tertiary alicyclic amines) is 1. The van der Waals surface area contributed by atoms with Gasteiger partial charge in [-0.1, -0.05) is 48.5 Å². The Labute approximate surface area is 338 Å². The summed E-state index contributed by atoms with van der Waals surface area (Å²) in [5.41, 5.74) is 10.5. The average molecular weight is 790 g/mol. The Morgan fingerprint density at radius 1 is 0.571 bits per heavy atom. The Balaban J connectivity index is 0.000000152. The SMILES string of the molecule is C1CCNC1.Cl.ClCc1coc(-c2ccc(Cn3cnc4ccccc43)cc2)n1.c1ccc2c(c1)ncn2Cc1ccc(-c2nc(CN3CCCC3)co2)cc1. The predicted molar refractivity (Wildman–Crippen MR) is 225 cm³/mol. The van der Waals surface area contributed by atoms with Crippen molar-refractivity contribution in [2.75, 3.05) is 26.2 Å². The van der Waals surface area contributed by atoms with Gasteiger partial charge in [-0.3, -0.25) is 4.90 Å². The fourth-order valence-corrected chi connectivity index (χ4v) is 7.10. The fraction of sp³-hybridized carbons (Fsp3) is 0.273. The molecular weight excluding hydrogens is 743 g/mol. The third-order valence-corrected chi connectivity index (χ3v) is 10.2. The monoisotopic (exact) mass is 788 g/mol. The number of imidazole rings is 2. The highest BCUT2D eigenvalue weighted by Crippen LogP contribution is 2.23. The van der Waals surface area contributed by atoms with Crippen molar-refractivity contribution in [2.24, 2.45) is 0 Å². The van der Waals surface area contributed by atoms with E-state index >= 15 is 0 Å². The van der Waals surface area contributed by atoms with E-state index in [9.17, 15) is 0 Å². The van der Waals surface area contributed by atoms with Crippen molar-refractivity contribution in [3.05, 3.63) is 145 Å². The molecule has 12 heteroatoms. The summed E-state index contributed by atoms with van der Waals surface area (Å²) in [6.45, 7) is 7.29. The van der Waals surface area contributed by atoms with E-state index < -0.39 is 0 Å². The number of hydrogen-bond donors (Lipinski definition) is 1. The predicted octanol–water partition coefficient (Wildman–Crippen LogP) is 9.61. The molecule has 0 bridgehead atoms. The van der Waals surface area contributed by atoms with Crippen LogP contribution in [-0.4, -0.2) is 60.1 Å². The Morgan fingerprint density at radius 2 is 1.05 bits per heavy atom. The normalized spacial score (nSPS) is 13.9. The van der Waals surface area contributed by atoms with Crippen LogP contribution in [-0.2, 0) is 25.5 Å². The molecule has 2 saturated heterocycles. The van der Waals surface area contributed by atoms with E-state index in [0.717, 1.165) is 64.2 Å². The number of benzene rings is 4. The number of hydrogen-bond acceptors (Lipinski definition) is 8. The molecule has 10 rings (SSSR count). The largest absolute Gasteiger partial charge is 0.444 e. The van der Waals surface area contributed by atoms with Gasteiger partial charge < -0.3 is 23.3 Å². The lowest BCUT2D eigenvalue weighted by Gasteiger charge is -2.11. The first-order chi connectivity index (χ1) is 27.2. The van der Waals surface area contributed by atoms with Gasteiger partial charge in [0.05, 0.1) is 52.0 Å². The van der Waals surface area contributed by atoms with Crippen LogP contribution in [0.3, 0.4) is 0 Å². The van der Waals surface area contributed by atoms with Crippen molar-refractivity contribution in [3.63, 3.8) is 0 Å². The maximum Gasteiger partial charge on any atom is 0.226 e. The zero-order chi connectivity index (χ0) is 37.2. The molecule has 8 aromatic rings. The molecule has 288 valence electrons. The van der Waals surface area contributed by atoms with E-state index in [4.69, 9.17) is 20.4 Å². The molecule has 0 saturated carbocycles. The molecule has 4 aromatic carbocycles. The van der Waals surface area contributed by atoms with Crippen LogP contribution in [0.4, 0.5) is 0 Å². The minimum Gasteiger partial charge on any atom is -0.444 e. The molecule has 0 unspecified atom stereocenters. The van der Waals surface area contributed by atoms with Crippen LogP contribution in [0.5, 0.6) is 0 Å². The highest BCUT2D eigenvalue weighted by atomic mass is 35.5. The molecule has 6 heterocycles. The second kappa shape index (κ2) is 19.1. The van der Waals surface area contributed by atoms with E-state index in [-0.39, 0.29) is 12.4 Å². The van der Waals surface area contributed by atoms with Gasteiger partial charge in [0.25, 0.3) is 0 Å². The van der Waals surface area contributed by atoms with Crippen LogP contribution < -0.4 is 5.32 Å². The van der Waals surface area contributed by atoms with E-state index in [0.29, 0.717) is 17.7 Å². The van der Waals surface area contributed by atoms with Crippen LogP contribution >= 0.6 is 24.0 Å². The van der Waals surface area contributed by atoms with Crippen molar-refractivity contribution in [1.82, 2.24) is 39.3 Å². The lowest BCUT2D eigenvalue weighted by Crippen LogP contribution is -2.18. The van der Waals surface area contributed by atoms with Gasteiger partial charge in [0, 0.05) is 30.8 Å². The Kier molecular flexibility index (Phi) is 13.3. The molecule has 56 heavy (non-hydrogen) atoms. The zero-order valence-corrected chi connectivity index (χ0v) is 32.8. The number of nitrogens with zero attached hydrogens (tertiary/aromatic N) is 7. The summed E-state index contributed by atoms with van der Waals surface area (Å²) in [7, 11) is 0. The number of fused-ring (bicyclic) bond motifs is 2. The van der Waals surface area contributed by atoms with Crippen LogP contribution in [0.25, 0.3) is 45.0 Å². The Bertz CT molecular complexity index is 2400. The van der Waals surface area contributed by atoms with E-state index in [2.05, 4.69) is 87.8 Å². The summed E-state index contributed by atoms with van der Waals surface area (Å²) < 4.78 is 15.5. The number of nitrogens with one attached hydrogen (secondary N) is 1. The Morgan fingerprint density at radius 3 is 1.52 bits per heavy atom. The van der Waals surface area contributed by atoms with Crippen molar-refractivity contribution in [3.8, 4) is 22.9 Å². The van der Waals surface area contributed by atoms with Gasteiger partial charge in [-0.05, 0) is 112 Å². The average Bonchev–Trinajstić information content (AvgIpc) is 4.09. The second-order valence-corrected chi connectivity index (χ2v) is 14.2. The van der Waals surface area contributed by atoms with Crippen molar-refractivity contribution < 1.29 is 8.83 Å². The van der Waals surface area contributed by atoms with Crippen molar-refractivity contribution >= 4 is 46.1 Å². The molecule has 0 spiro atoms. The van der Waals surface area contributed by atoms with Gasteiger partial charge in [0.15, 0.2) is 0 Å². The van der Waals surface area contributed by atoms with E-state index in [1.165, 1.54) is 63.0 Å². The van der Waals surface area contributed by atoms with Crippen molar-refractivity contribution in [1.29, 1.82) is 0 Å². The molecular formula is C44H46Cl2N8O2. The highest BCUT2D eigenvalue weighted by molar-refractivity contribution is 6.16.